The second-order valence-corrected chi connectivity index (χ2v) is 3.68. The molecule has 3 nitrogen and oxygen atoms in total. The van der Waals surface area contributed by atoms with Crippen molar-refractivity contribution in [2.75, 3.05) is 20.3 Å². The average Bonchev–Trinajstić information content (AvgIpc) is 2.20. The number of nitrogens with one attached hydrogen (secondary N) is 1. The molecule has 0 saturated heterocycles. The lowest BCUT2D eigenvalue weighted by molar-refractivity contribution is -0.125. The molecule has 14 heavy (non-hydrogen) atoms. The van der Waals surface area contributed by atoms with Crippen molar-refractivity contribution in [2.45, 2.75) is 39.5 Å². The largest absolute Gasteiger partial charge is 0.385 e. The second kappa shape index (κ2) is 9.00. The monoisotopic (exact) mass is 201 g/mol. The van der Waals surface area contributed by atoms with Crippen LogP contribution in [0.5, 0.6) is 0 Å². The number of carbonyl (C=O) groups is 1. The van der Waals surface area contributed by atoms with Crippen LogP contribution in [0.4, 0.5) is 0 Å². The van der Waals surface area contributed by atoms with Gasteiger partial charge in [0.15, 0.2) is 0 Å². The van der Waals surface area contributed by atoms with Crippen LogP contribution in [0.25, 0.3) is 0 Å². The zero-order valence-electron chi connectivity index (χ0n) is 9.64. The van der Waals surface area contributed by atoms with Crippen LogP contribution >= 0.6 is 0 Å². The number of hydrogen-bond acceptors (Lipinski definition) is 2. The Morgan fingerprint density at radius 3 is 2.71 bits per heavy atom. The van der Waals surface area contributed by atoms with Crippen molar-refractivity contribution in [3.63, 3.8) is 0 Å². The molecule has 84 valence electrons. The maximum Gasteiger partial charge on any atom is 0.222 e. The quantitative estimate of drug-likeness (QED) is 0.610. The number of methoxy groups -OCH3 is 1. The van der Waals surface area contributed by atoms with Gasteiger partial charge in [0, 0.05) is 26.2 Å². The Hall–Kier alpha value is -0.570. The topological polar surface area (TPSA) is 38.3 Å². The Bertz CT molecular complexity index is 148. The van der Waals surface area contributed by atoms with Gasteiger partial charge >= 0.3 is 0 Å². The number of amides is 1. The van der Waals surface area contributed by atoms with Gasteiger partial charge in [0.1, 0.15) is 0 Å². The fraction of sp³-hybridized carbons (Fsp3) is 0.909. The molecule has 0 heterocycles. The summed E-state index contributed by atoms with van der Waals surface area (Å²) >= 11 is 0. The standard InChI is InChI=1S/C11H23NO2/c1-4-5-6-8-12-11(13)10(2)7-9-14-3/h10H,4-9H2,1-3H3,(H,12,13). The Labute approximate surface area is 87.2 Å². The molecular formula is C11H23NO2. The van der Waals surface area contributed by atoms with E-state index in [2.05, 4.69) is 12.2 Å². The molecule has 0 bridgehead atoms. The summed E-state index contributed by atoms with van der Waals surface area (Å²) in [6.45, 7) is 5.56. The minimum Gasteiger partial charge on any atom is -0.385 e. The predicted octanol–water partition coefficient (Wildman–Crippen LogP) is 1.97. The smallest absolute Gasteiger partial charge is 0.222 e. The lowest BCUT2D eigenvalue weighted by atomic mass is 10.1. The molecule has 1 atom stereocenters. The average molecular weight is 201 g/mol. The predicted molar refractivity (Wildman–Crippen MR) is 58.2 cm³/mol. The normalized spacial score (nSPS) is 12.5. The minimum absolute atomic E-state index is 0.0663. The van der Waals surface area contributed by atoms with Crippen molar-refractivity contribution in [2.24, 2.45) is 5.92 Å². The molecule has 0 aromatic rings. The second-order valence-electron chi connectivity index (χ2n) is 3.68. The van der Waals surface area contributed by atoms with Crippen LogP contribution in [-0.4, -0.2) is 26.2 Å². The summed E-state index contributed by atoms with van der Waals surface area (Å²) in [5.41, 5.74) is 0. The van der Waals surface area contributed by atoms with E-state index < -0.39 is 0 Å². The summed E-state index contributed by atoms with van der Waals surface area (Å²) in [5.74, 6) is 0.217. The molecule has 1 unspecified atom stereocenters. The maximum atomic E-state index is 11.4. The first-order chi connectivity index (χ1) is 6.72. The van der Waals surface area contributed by atoms with Crippen LogP contribution in [-0.2, 0) is 9.53 Å². The summed E-state index contributed by atoms with van der Waals surface area (Å²) < 4.78 is 4.93. The Morgan fingerprint density at radius 2 is 2.14 bits per heavy atom. The van der Waals surface area contributed by atoms with Crippen LogP contribution in [0.3, 0.4) is 0 Å². The van der Waals surface area contributed by atoms with Crippen molar-refractivity contribution < 1.29 is 9.53 Å². The fourth-order valence-electron chi connectivity index (χ4n) is 1.19. The summed E-state index contributed by atoms with van der Waals surface area (Å²) in [6, 6.07) is 0. The number of rotatable bonds is 8. The summed E-state index contributed by atoms with van der Waals surface area (Å²) in [5, 5.41) is 2.93. The van der Waals surface area contributed by atoms with E-state index in [-0.39, 0.29) is 11.8 Å². The molecule has 0 aliphatic carbocycles. The third-order valence-corrected chi connectivity index (χ3v) is 2.28. The molecule has 0 radical (unpaired) electrons. The van der Waals surface area contributed by atoms with Crippen LogP contribution in [0.2, 0.25) is 0 Å². The van der Waals surface area contributed by atoms with Gasteiger partial charge in [0.05, 0.1) is 0 Å². The lowest BCUT2D eigenvalue weighted by Gasteiger charge is -2.11. The van der Waals surface area contributed by atoms with Gasteiger partial charge in [-0.1, -0.05) is 26.7 Å². The van der Waals surface area contributed by atoms with E-state index in [1.807, 2.05) is 6.92 Å². The molecule has 0 aliphatic rings. The molecule has 0 saturated carbocycles. The Morgan fingerprint density at radius 1 is 1.43 bits per heavy atom. The molecule has 0 rings (SSSR count). The molecule has 0 aliphatic heterocycles. The van der Waals surface area contributed by atoms with Gasteiger partial charge in [0.2, 0.25) is 5.91 Å². The molecule has 1 amide bonds. The van der Waals surface area contributed by atoms with E-state index in [9.17, 15) is 4.79 Å². The van der Waals surface area contributed by atoms with Crippen molar-refractivity contribution in [1.82, 2.24) is 5.32 Å². The molecule has 1 N–H and O–H groups in total. The molecule has 3 heteroatoms. The van der Waals surface area contributed by atoms with Crippen molar-refractivity contribution in [3.05, 3.63) is 0 Å². The van der Waals surface area contributed by atoms with Crippen LogP contribution < -0.4 is 5.32 Å². The van der Waals surface area contributed by atoms with Gasteiger partial charge in [0.25, 0.3) is 0 Å². The van der Waals surface area contributed by atoms with Gasteiger partial charge < -0.3 is 10.1 Å². The molecule has 0 fully saturated rings. The van der Waals surface area contributed by atoms with E-state index in [0.717, 1.165) is 19.4 Å². The third kappa shape index (κ3) is 6.89. The number of carbonyl (C=O) groups excluding carboxylic acids is 1. The first-order valence-electron chi connectivity index (χ1n) is 5.49. The highest BCUT2D eigenvalue weighted by Crippen LogP contribution is 2.01. The first-order valence-corrected chi connectivity index (χ1v) is 5.49. The molecule has 0 aromatic carbocycles. The van der Waals surface area contributed by atoms with E-state index in [4.69, 9.17) is 4.74 Å². The molecular weight excluding hydrogens is 178 g/mol. The number of unbranched alkanes of at least 4 members (excludes halogenated alkanes) is 2. The van der Waals surface area contributed by atoms with E-state index >= 15 is 0 Å². The van der Waals surface area contributed by atoms with E-state index in [1.165, 1.54) is 12.8 Å². The van der Waals surface area contributed by atoms with Gasteiger partial charge in [-0.05, 0) is 12.8 Å². The van der Waals surface area contributed by atoms with Gasteiger partial charge in [-0.25, -0.2) is 0 Å². The third-order valence-electron chi connectivity index (χ3n) is 2.28. The zero-order valence-corrected chi connectivity index (χ0v) is 9.64. The summed E-state index contributed by atoms with van der Waals surface area (Å²) in [4.78, 5) is 11.4. The van der Waals surface area contributed by atoms with Crippen molar-refractivity contribution in [3.8, 4) is 0 Å². The Balaban J connectivity index is 3.42. The number of ether oxygens (including phenoxy) is 1. The summed E-state index contributed by atoms with van der Waals surface area (Å²) in [6.07, 6.45) is 4.26. The lowest BCUT2D eigenvalue weighted by Crippen LogP contribution is -2.30. The van der Waals surface area contributed by atoms with Crippen molar-refractivity contribution >= 4 is 5.91 Å². The SMILES string of the molecule is CCCCCNC(=O)C(C)CCOC. The maximum absolute atomic E-state index is 11.4. The first kappa shape index (κ1) is 13.4. The molecule has 0 aromatic heterocycles. The minimum atomic E-state index is 0.0663. The fourth-order valence-corrected chi connectivity index (χ4v) is 1.19. The van der Waals surface area contributed by atoms with E-state index in [1.54, 1.807) is 7.11 Å². The highest BCUT2D eigenvalue weighted by atomic mass is 16.5. The summed E-state index contributed by atoms with van der Waals surface area (Å²) in [7, 11) is 1.66. The highest BCUT2D eigenvalue weighted by molar-refractivity contribution is 5.78. The van der Waals surface area contributed by atoms with E-state index in [0.29, 0.717) is 6.61 Å². The van der Waals surface area contributed by atoms with Gasteiger partial charge in [-0.15, -0.1) is 0 Å². The van der Waals surface area contributed by atoms with Crippen molar-refractivity contribution in [1.29, 1.82) is 0 Å². The molecule has 0 spiro atoms. The van der Waals surface area contributed by atoms with Gasteiger partial charge in [-0.3, -0.25) is 4.79 Å². The highest BCUT2D eigenvalue weighted by Gasteiger charge is 2.10. The van der Waals surface area contributed by atoms with Crippen LogP contribution in [0.15, 0.2) is 0 Å². The van der Waals surface area contributed by atoms with Crippen LogP contribution in [0.1, 0.15) is 39.5 Å². The number of hydrogen-bond donors (Lipinski definition) is 1. The zero-order chi connectivity index (χ0) is 10.8. The van der Waals surface area contributed by atoms with Gasteiger partial charge in [-0.2, -0.15) is 0 Å². The Kier molecular flexibility index (Phi) is 8.64. The van der Waals surface area contributed by atoms with Crippen LogP contribution in [0, 0.1) is 5.92 Å².